The van der Waals surface area contributed by atoms with Crippen LogP contribution in [-0.4, -0.2) is 43.4 Å². The molecular formula is C12H15FN2O4S. The first-order chi connectivity index (χ1) is 9.34. The van der Waals surface area contributed by atoms with E-state index in [0.29, 0.717) is 0 Å². The summed E-state index contributed by atoms with van der Waals surface area (Å²) in [5.74, 6) is -1.37. The molecule has 110 valence electrons. The number of hydrogen-bond donors (Lipinski definition) is 2. The summed E-state index contributed by atoms with van der Waals surface area (Å²) in [6, 6.07) is 3.43. The lowest BCUT2D eigenvalue weighted by molar-refractivity contribution is -0.114. The van der Waals surface area contributed by atoms with Gasteiger partial charge in [-0.1, -0.05) is 0 Å². The fraction of sp³-hybridized carbons (Fsp3) is 0.417. The van der Waals surface area contributed by atoms with Crippen molar-refractivity contribution in [2.75, 3.05) is 25.0 Å². The van der Waals surface area contributed by atoms with E-state index in [2.05, 4.69) is 5.32 Å². The van der Waals surface area contributed by atoms with E-state index in [1.54, 1.807) is 0 Å². The molecule has 0 saturated carbocycles. The summed E-state index contributed by atoms with van der Waals surface area (Å²) < 4.78 is 39.3. The molecule has 20 heavy (non-hydrogen) atoms. The minimum atomic E-state index is -3.89. The summed E-state index contributed by atoms with van der Waals surface area (Å²) in [7, 11) is -3.89. The molecule has 0 spiro atoms. The van der Waals surface area contributed by atoms with Crippen LogP contribution in [-0.2, 0) is 14.8 Å². The van der Waals surface area contributed by atoms with Gasteiger partial charge in [0.05, 0.1) is 0 Å². The van der Waals surface area contributed by atoms with E-state index in [-0.39, 0.29) is 37.2 Å². The number of aliphatic hydroxyl groups excluding tert-OH is 1. The Labute approximate surface area is 116 Å². The first-order valence-corrected chi connectivity index (χ1v) is 7.46. The number of benzene rings is 1. The molecule has 1 heterocycles. The largest absolute Gasteiger partial charge is 0.396 e. The van der Waals surface area contributed by atoms with E-state index in [1.807, 2.05) is 0 Å². The van der Waals surface area contributed by atoms with Crippen LogP contribution in [0.25, 0.3) is 0 Å². The first kappa shape index (κ1) is 14.9. The molecule has 2 rings (SSSR count). The van der Waals surface area contributed by atoms with Crippen LogP contribution >= 0.6 is 0 Å². The van der Waals surface area contributed by atoms with Crippen molar-refractivity contribution in [3.8, 4) is 0 Å². The SMILES string of the molecule is CC(=O)Nc1ccc(S(=O)(=O)N2CC(CO)C2)c(F)c1. The van der Waals surface area contributed by atoms with Crippen molar-refractivity contribution >= 4 is 21.6 Å². The number of carbonyl (C=O) groups excluding carboxylic acids is 1. The van der Waals surface area contributed by atoms with Gasteiger partial charge in [-0.25, -0.2) is 12.8 Å². The molecule has 0 unspecified atom stereocenters. The second-order valence-corrected chi connectivity index (χ2v) is 6.60. The molecule has 0 bridgehead atoms. The van der Waals surface area contributed by atoms with Gasteiger partial charge in [-0.15, -0.1) is 0 Å². The number of sulfonamides is 1. The van der Waals surface area contributed by atoms with Gasteiger partial charge in [-0.3, -0.25) is 4.79 Å². The minimum absolute atomic E-state index is 0.0873. The number of hydrogen-bond acceptors (Lipinski definition) is 4. The number of nitrogens with one attached hydrogen (secondary N) is 1. The van der Waals surface area contributed by atoms with Crippen LogP contribution in [0.5, 0.6) is 0 Å². The van der Waals surface area contributed by atoms with Crippen LogP contribution in [0.2, 0.25) is 0 Å². The molecule has 2 N–H and O–H groups in total. The Bertz CT molecular complexity index is 626. The van der Waals surface area contributed by atoms with E-state index in [9.17, 15) is 17.6 Å². The maximum atomic E-state index is 13.9. The first-order valence-electron chi connectivity index (χ1n) is 6.02. The van der Waals surface area contributed by atoms with Gasteiger partial charge in [-0.2, -0.15) is 4.31 Å². The van der Waals surface area contributed by atoms with Gasteiger partial charge < -0.3 is 10.4 Å². The number of rotatable bonds is 4. The van der Waals surface area contributed by atoms with Crippen LogP contribution in [0.3, 0.4) is 0 Å². The molecule has 1 fully saturated rings. The van der Waals surface area contributed by atoms with Crippen LogP contribution in [0.4, 0.5) is 10.1 Å². The predicted octanol–water partition coefficient (Wildman–Crippen LogP) is 0.397. The Balaban J connectivity index is 2.22. The Kier molecular flexibility index (Phi) is 4.07. The molecule has 0 radical (unpaired) electrons. The van der Waals surface area contributed by atoms with Crippen LogP contribution in [0.15, 0.2) is 23.1 Å². The van der Waals surface area contributed by atoms with Gasteiger partial charge in [0.2, 0.25) is 15.9 Å². The topological polar surface area (TPSA) is 86.7 Å². The lowest BCUT2D eigenvalue weighted by Crippen LogP contribution is -2.51. The zero-order valence-electron chi connectivity index (χ0n) is 10.8. The van der Waals surface area contributed by atoms with Crippen molar-refractivity contribution in [2.24, 2.45) is 5.92 Å². The van der Waals surface area contributed by atoms with Gasteiger partial charge in [-0.05, 0) is 18.2 Å². The minimum Gasteiger partial charge on any atom is -0.396 e. The molecule has 1 aliphatic rings. The number of carbonyl (C=O) groups is 1. The smallest absolute Gasteiger partial charge is 0.246 e. The van der Waals surface area contributed by atoms with Crippen molar-refractivity contribution in [2.45, 2.75) is 11.8 Å². The van der Waals surface area contributed by atoms with Crippen molar-refractivity contribution in [1.82, 2.24) is 4.31 Å². The molecule has 1 aromatic rings. The molecule has 0 aliphatic carbocycles. The molecule has 0 atom stereocenters. The van der Waals surface area contributed by atoms with Crippen molar-refractivity contribution in [3.05, 3.63) is 24.0 Å². The zero-order valence-corrected chi connectivity index (χ0v) is 11.7. The third-order valence-corrected chi connectivity index (χ3v) is 4.92. The molecule has 1 aliphatic heterocycles. The van der Waals surface area contributed by atoms with Gasteiger partial charge in [0.15, 0.2) is 0 Å². The number of aliphatic hydroxyl groups is 1. The maximum absolute atomic E-state index is 13.9. The average Bonchev–Trinajstić information content (AvgIpc) is 2.25. The molecule has 8 heteroatoms. The van der Waals surface area contributed by atoms with Gasteiger partial charge in [0, 0.05) is 38.2 Å². The summed E-state index contributed by atoms with van der Waals surface area (Å²) in [6.45, 7) is 1.56. The lowest BCUT2D eigenvalue weighted by atomic mass is 10.1. The van der Waals surface area contributed by atoms with E-state index >= 15 is 0 Å². The predicted molar refractivity (Wildman–Crippen MR) is 70.0 cm³/mol. The fourth-order valence-electron chi connectivity index (χ4n) is 1.96. The number of halogens is 1. The quantitative estimate of drug-likeness (QED) is 0.843. The van der Waals surface area contributed by atoms with E-state index < -0.39 is 20.7 Å². The highest BCUT2D eigenvalue weighted by molar-refractivity contribution is 7.89. The second-order valence-electron chi connectivity index (χ2n) is 4.70. The van der Waals surface area contributed by atoms with Crippen molar-refractivity contribution < 1.29 is 22.7 Å². The van der Waals surface area contributed by atoms with Crippen molar-refractivity contribution in [3.63, 3.8) is 0 Å². The van der Waals surface area contributed by atoms with Gasteiger partial charge >= 0.3 is 0 Å². The molecule has 0 aromatic heterocycles. The fourth-order valence-corrected chi connectivity index (χ4v) is 3.60. The average molecular weight is 302 g/mol. The summed E-state index contributed by atoms with van der Waals surface area (Å²) >= 11 is 0. The summed E-state index contributed by atoms with van der Waals surface area (Å²) in [4.78, 5) is 10.4. The van der Waals surface area contributed by atoms with Gasteiger partial charge in [0.25, 0.3) is 0 Å². The Morgan fingerprint density at radius 2 is 2.15 bits per heavy atom. The Morgan fingerprint density at radius 1 is 1.50 bits per heavy atom. The molecule has 1 saturated heterocycles. The molecule has 6 nitrogen and oxygen atoms in total. The Hall–Kier alpha value is -1.51. The third-order valence-electron chi connectivity index (χ3n) is 3.05. The number of nitrogens with zero attached hydrogens (tertiary/aromatic N) is 1. The summed E-state index contributed by atoms with van der Waals surface area (Å²) in [5, 5.41) is 11.3. The van der Waals surface area contributed by atoms with Crippen LogP contribution < -0.4 is 5.32 Å². The van der Waals surface area contributed by atoms with E-state index in [0.717, 1.165) is 16.4 Å². The van der Waals surface area contributed by atoms with Crippen molar-refractivity contribution in [1.29, 1.82) is 0 Å². The normalized spacial score (nSPS) is 16.8. The maximum Gasteiger partial charge on any atom is 0.246 e. The van der Waals surface area contributed by atoms with E-state index in [1.165, 1.54) is 13.0 Å². The van der Waals surface area contributed by atoms with Gasteiger partial charge in [0.1, 0.15) is 10.7 Å². The highest BCUT2D eigenvalue weighted by atomic mass is 32.2. The third kappa shape index (κ3) is 2.82. The van der Waals surface area contributed by atoms with Crippen LogP contribution in [0.1, 0.15) is 6.92 Å². The zero-order chi connectivity index (χ0) is 14.9. The molecule has 1 aromatic carbocycles. The summed E-state index contributed by atoms with van der Waals surface area (Å²) in [5.41, 5.74) is 0.200. The monoisotopic (exact) mass is 302 g/mol. The highest BCUT2D eigenvalue weighted by Gasteiger charge is 2.37. The Morgan fingerprint density at radius 3 is 2.65 bits per heavy atom. The second kappa shape index (κ2) is 5.47. The van der Waals surface area contributed by atoms with E-state index in [4.69, 9.17) is 5.11 Å². The lowest BCUT2D eigenvalue weighted by Gasteiger charge is -2.36. The molecule has 1 amide bonds. The summed E-state index contributed by atoms with van der Waals surface area (Å²) in [6.07, 6.45) is 0. The standard InChI is InChI=1S/C12H15FN2O4S/c1-8(17)14-10-2-3-12(11(13)4-10)20(18,19)15-5-9(6-15)7-16/h2-4,9,16H,5-7H2,1H3,(H,14,17). The molecular weight excluding hydrogens is 287 g/mol. The number of anilines is 1. The highest BCUT2D eigenvalue weighted by Crippen LogP contribution is 2.27. The van der Waals surface area contributed by atoms with Crippen LogP contribution in [0, 0.1) is 11.7 Å². The number of amides is 1.